The van der Waals surface area contributed by atoms with E-state index in [1.54, 1.807) is 9.80 Å². The summed E-state index contributed by atoms with van der Waals surface area (Å²) in [7, 11) is 0. The van der Waals surface area contributed by atoms with Crippen LogP contribution in [0.5, 0.6) is 0 Å². The second-order valence-corrected chi connectivity index (χ2v) is 5.89. The molecule has 8 heteroatoms. The minimum atomic E-state index is -0.930. The van der Waals surface area contributed by atoms with Crippen molar-refractivity contribution in [2.45, 2.75) is 39.0 Å². The van der Waals surface area contributed by atoms with Crippen molar-refractivity contribution in [3.63, 3.8) is 0 Å². The van der Waals surface area contributed by atoms with Crippen molar-refractivity contribution < 1.29 is 19.8 Å². The summed E-state index contributed by atoms with van der Waals surface area (Å²) in [5.41, 5.74) is 0.718. The SMILES string of the molecule is CCN(C(C)=O)c1nc(CN2CC(O)CC2C(=O)O)cs1. The normalized spacial score (nSPS) is 22.4. The Hall–Kier alpha value is -1.51. The summed E-state index contributed by atoms with van der Waals surface area (Å²) < 4.78 is 0. The first-order valence-corrected chi connectivity index (χ1v) is 7.67. The zero-order chi connectivity index (χ0) is 15.6. The number of carbonyl (C=O) groups is 2. The number of carboxylic acid groups (broad SMARTS) is 1. The molecule has 1 fully saturated rings. The van der Waals surface area contributed by atoms with E-state index in [-0.39, 0.29) is 12.3 Å². The van der Waals surface area contributed by atoms with E-state index in [0.29, 0.717) is 24.8 Å². The minimum Gasteiger partial charge on any atom is -0.480 e. The third-order valence-electron chi connectivity index (χ3n) is 3.50. The van der Waals surface area contributed by atoms with Crippen LogP contribution in [0.15, 0.2) is 5.38 Å². The molecule has 1 aromatic heterocycles. The molecular formula is C13H19N3O4S. The van der Waals surface area contributed by atoms with Crippen LogP contribution in [-0.2, 0) is 16.1 Å². The van der Waals surface area contributed by atoms with Gasteiger partial charge in [-0.25, -0.2) is 4.98 Å². The predicted molar refractivity (Wildman–Crippen MR) is 78.3 cm³/mol. The van der Waals surface area contributed by atoms with Crippen LogP contribution < -0.4 is 4.90 Å². The van der Waals surface area contributed by atoms with Crippen LogP contribution in [0.1, 0.15) is 26.0 Å². The number of aromatic nitrogens is 1. The van der Waals surface area contributed by atoms with Gasteiger partial charge in [-0.1, -0.05) is 0 Å². The van der Waals surface area contributed by atoms with E-state index in [0.717, 1.165) is 5.69 Å². The molecule has 2 heterocycles. The van der Waals surface area contributed by atoms with Crippen molar-refractivity contribution in [1.29, 1.82) is 0 Å². The molecule has 2 rings (SSSR count). The number of amides is 1. The Morgan fingerprint density at radius 2 is 2.29 bits per heavy atom. The number of β-amino-alcohol motifs (C(OH)–C–C–N with tert-alkyl or cyclic N) is 1. The Morgan fingerprint density at radius 3 is 2.86 bits per heavy atom. The summed E-state index contributed by atoms with van der Waals surface area (Å²) in [6.45, 7) is 4.60. The van der Waals surface area contributed by atoms with E-state index < -0.39 is 18.1 Å². The fourth-order valence-corrected chi connectivity index (χ4v) is 3.43. The fraction of sp³-hybridized carbons (Fsp3) is 0.615. The number of aliphatic carboxylic acids is 1. The third-order valence-corrected chi connectivity index (χ3v) is 4.41. The molecule has 1 saturated heterocycles. The molecule has 0 saturated carbocycles. The maximum Gasteiger partial charge on any atom is 0.321 e. The second-order valence-electron chi connectivity index (χ2n) is 5.06. The molecule has 2 N–H and O–H groups in total. The van der Waals surface area contributed by atoms with Gasteiger partial charge in [0.05, 0.1) is 11.8 Å². The standard InChI is InChI=1S/C13H19N3O4S/c1-3-16(8(2)17)13-14-9(7-21-13)5-15-6-10(18)4-11(15)12(19)20/h7,10-11,18H,3-6H2,1-2H3,(H,19,20). The molecule has 21 heavy (non-hydrogen) atoms. The number of hydrogen-bond acceptors (Lipinski definition) is 6. The largest absolute Gasteiger partial charge is 0.480 e. The lowest BCUT2D eigenvalue weighted by molar-refractivity contribution is -0.142. The highest BCUT2D eigenvalue weighted by atomic mass is 32.1. The smallest absolute Gasteiger partial charge is 0.321 e. The average Bonchev–Trinajstić information content (AvgIpc) is 2.97. The van der Waals surface area contributed by atoms with E-state index in [4.69, 9.17) is 5.11 Å². The highest BCUT2D eigenvalue weighted by molar-refractivity contribution is 7.14. The number of hydrogen-bond donors (Lipinski definition) is 2. The topological polar surface area (TPSA) is 94.0 Å². The summed E-state index contributed by atoms with van der Waals surface area (Å²) in [6, 6.07) is -0.680. The number of thiazole rings is 1. The molecule has 0 radical (unpaired) electrons. The van der Waals surface area contributed by atoms with Gasteiger partial charge in [-0.15, -0.1) is 11.3 Å². The van der Waals surface area contributed by atoms with Crippen LogP contribution in [-0.4, -0.2) is 57.2 Å². The van der Waals surface area contributed by atoms with Crippen LogP contribution in [0.4, 0.5) is 5.13 Å². The lowest BCUT2D eigenvalue weighted by atomic mass is 10.2. The highest BCUT2D eigenvalue weighted by Gasteiger charge is 2.36. The summed E-state index contributed by atoms with van der Waals surface area (Å²) in [5.74, 6) is -1.00. The molecular weight excluding hydrogens is 294 g/mol. The van der Waals surface area contributed by atoms with E-state index in [9.17, 15) is 14.7 Å². The van der Waals surface area contributed by atoms with Crippen molar-refractivity contribution >= 4 is 28.3 Å². The van der Waals surface area contributed by atoms with E-state index in [1.165, 1.54) is 18.3 Å². The Balaban J connectivity index is 2.08. The highest BCUT2D eigenvalue weighted by Crippen LogP contribution is 2.25. The van der Waals surface area contributed by atoms with Crippen LogP contribution >= 0.6 is 11.3 Å². The molecule has 1 aromatic rings. The van der Waals surface area contributed by atoms with Gasteiger partial charge in [0.25, 0.3) is 0 Å². The van der Waals surface area contributed by atoms with E-state index in [1.807, 2.05) is 12.3 Å². The number of carbonyl (C=O) groups excluding carboxylic acids is 1. The lowest BCUT2D eigenvalue weighted by Crippen LogP contribution is -2.35. The van der Waals surface area contributed by atoms with Crippen LogP contribution in [0.3, 0.4) is 0 Å². The number of carboxylic acids is 1. The number of rotatable bonds is 5. The lowest BCUT2D eigenvalue weighted by Gasteiger charge is -2.19. The van der Waals surface area contributed by atoms with Crippen molar-refractivity contribution in [3.05, 3.63) is 11.1 Å². The molecule has 7 nitrogen and oxygen atoms in total. The van der Waals surface area contributed by atoms with Crippen LogP contribution in [0.25, 0.3) is 0 Å². The monoisotopic (exact) mass is 313 g/mol. The first kappa shape index (κ1) is 15.9. The van der Waals surface area contributed by atoms with Crippen molar-refractivity contribution in [2.24, 2.45) is 0 Å². The maximum absolute atomic E-state index is 11.5. The summed E-state index contributed by atoms with van der Waals surface area (Å²) >= 11 is 1.36. The molecule has 0 aliphatic carbocycles. The molecule has 2 unspecified atom stereocenters. The quantitative estimate of drug-likeness (QED) is 0.824. The molecule has 0 spiro atoms. The summed E-state index contributed by atoms with van der Waals surface area (Å²) in [6.07, 6.45) is -0.380. The molecule has 116 valence electrons. The Kier molecular flexibility index (Phi) is 4.92. The fourth-order valence-electron chi connectivity index (χ4n) is 2.50. The number of nitrogens with zero attached hydrogens (tertiary/aromatic N) is 3. The molecule has 0 bridgehead atoms. The van der Waals surface area contributed by atoms with Gasteiger partial charge in [-0.2, -0.15) is 0 Å². The number of aliphatic hydroxyl groups is 1. The molecule has 0 aromatic carbocycles. The van der Waals surface area contributed by atoms with Crippen molar-refractivity contribution in [2.75, 3.05) is 18.0 Å². The molecule has 1 amide bonds. The third kappa shape index (κ3) is 3.58. The van der Waals surface area contributed by atoms with Gasteiger partial charge in [0.2, 0.25) is 5.91 Å². The van der Waals surface area contributed by atoms with Gasteiger partial charge in [0, 0.05) is 38.4 Å². The van der Waals surface area contributed by atoms with Gasteiger partial charge in [-0.05, 0) is 6.92 Å². The first-order valence-electron chi connectivity index (χ1n) is 6.79. The molecule has 2 atom stereocenters. The van der Waals surface area contributed by atoms with Gasteiger partial charge in [0.15, 0.2) is 5.13 Å². The number of likely N-dealkylation sites (tertiary alicyclic amines) is 1. The Labute approximate surface area is 126 Å². The minimum absolute atomic E-state index is 0.0709. The Morgan fingerprint density at radius 1 is 1.57 bits per heavy atom. The second kappa shape index (κ2) is 6.50. The van der Waals surface area contributed by atoms with Gasteiger partial charge in [0.1, 0.15) is 6.04 Å². The van der Waals surface area contributed by atoms with Crippen LogP contribution in [0.2, 0.25) is 0 Å². The number of anilines is 1. The van der Waals surface area contributed by atoms with E-state index >= 15 is 0 Å². The number of aliphatic hydroxyl groups excluding tert-OH is 1. The zero-order valence-electron chi connectivity index (χ0n) is 12.0. The Bertz CT molecular complexity index is 533. The summed E-state index contributed by atoms with van der Waals surface area (Å²) in [5, 5.41) is 21.2. The van der Waals surface area contributed by atoms with Crippen molar-refractivity contribution in [1.82, 2.24) is 9.88 Å². The average molecular weight is 313 g/mol. The van der Waals surface area contributed by atoms with Crippen LogP contribution in [0, 0.1) is 0 Å². The van der Waals surface area contributed by atoms with Gasteiger partial charge < -0.3 is 10.2 Å². The first-order chi connectivity index (χ1) is 9.92. The zero-order valence-corrected chi connectivity index (χ0v) is 12.8. The molecule has 1 aliphatic rings. The predicted octanol–water partition coefficient (Wildman–Crippen LogP) is 0.536. The van der Waals surface area contributed by atoms with E-state index in [2.05, 4.69) is 4.98 Å². The van der Waals surface area contributed by atoms with Crippen molar-refractivity contribution in [3.8, 4) is 0 Å². The molecule has 1 aliphatic heterocycles. The van der Waals surface area contributed by atoms with Gasteiger partial charge >= 0.3 is 5.97 Å². The summed E-state index contributed by atoms with van der Waals surface area (Å²) in [4.78, 5) is 30.3. The maximum atomic E-state index is 11.5. The van der Waals surface area contributed by atoms with Gasteiger partial charge in [-0.3, -0.25) is 19.4 Å².